The van der Waals surface area contributed by atoms with Crippen LogP contribution in [0, 0.1) is 5.92 Å². The molecule has 3 saturated heterocycles. The number of hydrogen-bond acceptors (Lipinski definition) is 8. The molecule has 0 N–H and O–H groups in total. The Morgan fingerprint density at radius 1 is 1.08 bits per heavy atom. The maximum atomic E-state index is 13.7. The molecule has 5 heterocycles. The quantitative estimate of drug-likeness (QED) is 0.533. The molecule has 0 aliphatic carbocycles. The average molecular weight is 559 g/mol. The third-order valence-corrected chi connectivity index (χ3v) is 10.3. The highest BCUT2D eigenvalue weighted by Gasteiger charge is 2.39. The van der Waals surface area contributed by atoms with Gasteiger partial charge in [0.05, 0.1) is 42.7 Å². The summed E-state index contributed by atoms with van der Waals surface area (Å²) in [4.78, 5) is 18.2. The Morgan fingerprint density at radius 2 is 1.85 bits per heavy atom. The molecule has 1 aromatic carbocycles. The maximum Gasteiger partial charge on any atom is 0.274 e. The van der Waals surface area contributed by atoms with Crippen LogP contribution in [0.25, 0.3) is 11.3 Å². The number of sulfone groups is 1. The molecule has 4 aliphatic rings. The first-order chi connectivity index (χ1) is 18.9. The molecule has 0 spiro atoms. The number of carbonyl (C=O) groups excluding carboxylic acids is 1. The molecule has 11 heteroatoms. The minimum absolute atomic E-state index is 0.0594. The zero-order valence-corrected chi connectivity index (χ0v) is 23.5. The number of morpholine rings is 1. The number of nitrogens with zero attached hydrogens (tertiary/aromatic N) is 4. The number of hydrogen-bond donors (Lipinski definition) is 0. The smallest absolute Gasteiger partial charge is 0.274 e. The number of carbonyl (C=O) groups is 1. The normalized spacial score (nSPS) is 23.7. The van der Waals surface area contributed by atoms with E-state index >= 15 is 0 Å². The first-order valence-electron chi connectivity index (χ1n) is 14.1. The van der Waals surface area contributed by atoms with Crippen LogP contribution in [-0.2, 0) is 25.1 Å². The molecule has 0 unspecified atom stereocenters. The maximum absolute atomic E-state index is 13.7. The number of amides is 1. The molecule has 1 aromatic heterocycles. The van der Waals surface area contributed by atoms with E-state index in [1.807, 2.05) is 4.68 Å². The molecule has 10 nitrogen and oxygen atoms in total. The van der Waals surface area contributed by atoms with Gasteiger partial charge in [-0.3, -0.25) is 9.48 Å². The molecule has 3 fully saturated rings. The van der Waals surface area contributed by atoms with E-state index in [9.17, 15) is 13.2 Å². The Balaban J connectivity index is 1.36. The average Bonchev–Trinajstić information content (AvgIpc) is 3.35. The van der Waals surface area contributed by atoms with Gasteiger partial charge in [0.25, 0.3) is 5.91 Å². The first-order valence-corrected chi connectivity index (χ1v) is 15.8. The standard InChI is InChI=1S/C28H38N4O6S/c1-36-22-4-5-23-25(17-22)39(34,35)19-24-26(28(33)31-11-15-38-16-12-31)29-32(27(23)24)21-3-2-9-30(18-21)10-6-20-7-13-37-14-8-20/h4-5,17,20-21H,2-3,6-16,18-19H2,1H3/t21-/m1/s1. The van der Waals surface area contributed by atoms with Crippen molar-refractivity contribution >= 4 is 15.7 Å². The van der Waals surface area contributed by atoms with Gasteiger partial charge in [-0.2, -0.15) is 5.10 Å². The van der Waals surface area contributed by atoms with Gasteiger partial charge >= 0.3 is 0 Å². The minimum atomic E-state index is -3.67. The van der Waals surface area contributed by atoms with Crippen molar-refractivity contribution in [2.24, 2.45) is 5.92 Å². The van der Waals surface area contributed by atoms with Gasteiger partial charge in [0, 0.05) is 44.0 Å². The SMILES string of the molecule is COc1ccc2c(c1)S(=O)(=O)Cc1c(C(=O)N3CCOCC3)nn([C@@H]3CCCN(CCC4CCOCC4)C3)c1-2. The summed E-state index contributed by atoms with van der Waals surface area (Å²) in [5.41, 5.74) is 2.14. The highest BCUT2D eigenvalue weighted by Crippen LogP contribution is 2.43. The van der Waals surface area contributed by atoms with E-state index in [4.69, 9.17) is 19.3 Å². The number of benzene rings is 1. The van der Waals surface area contributed by atoms with E-state index in [0.717, 1.165) is 70.6 Å². The van der Waals surface area contributed by atoms with Gasteiger partial charge in [-0.25, -0.2) is 8.42 Å². The number of piperidine rings is 1. The van der Waals surface area contributed by atoms with Gasteiger partial charge in [0.2, 0.25) is 0 Å². The van der Waals surface area contributed by atoms with Crippen molar-refractivity contribution in [3.05, 3.63) is 29.5 Å². The van der Waals surface area contributed by atoms with Crippen LogP contribution in [0.15, 0.2) is 23.1 Å². The van der Waals surface area contributed by atoms with Gasteiger partial charge in [-0.05, 0) is 69.3 Å². The second kappa shape index (κ2) is 11.2. The van der Waals surface area contributed by atoms with Crippen molar-refractivity contribution in [2.45, 2.75) is 48.8 Å². The molecule has 39 heavy (non-hydrogen) atoms. The van der Waals surface area contributed by atoms with Crippen LogP contribution < -0.4 is 4.74 Å². The fourth-order valence-corrected chi connectivity index (χ4v) is 8.03. The van der Waals surface area contributed by atoms with E-state index in [1.165, 1.54) is 7.11 Å². The lowest BCUT2D eigenvalue weighted by Gasteiger charge is -2.35. The third-order valence-electron chi connectivity index (χ3n) is 8.64. The summed E-state index contributed by atoms with van der Waals surface area (Å²) in [5.74, 6) is 0.746. The lowest BCUT2D eigenvalue weighted by atomic mass is 9.95. The molecule has 0 radical (unpaired) electrons. The molecule has 1 atom stereocenters. The van der Waals surface area contributed by atoms with Crippen LogP contribution in [0.5, 0.6) is 5.75 Å². The highest BCUT2D eigenvalue weighted by molar-refractivity contribution is 7.90. The lowest BCUT2D eigenvalue weighted by Crippen LogP contribution is -2.41. The number of methoxy groups -OCH3 is 1. The summed E-state index contributed by atoms with van der Waals surface area (Å²) in [5, 5.41) is 4.93. The Labute approximate surface area is 230 Å². The molecular formula is C28H38N4O6S. The molecular weight excluding hydrogens is 520 g/mol. The van der Waals surface area contributed by atoms with E-state index in [2.05, 4.69) is 4.90 Å². The van der Waals surface area contributed by atoms with Crippen molar-refractivity contribution in [3.63, 3.8) is 0 Å². The van der Waals surface area contributed by atoms with E-state index in [-0.39, 0.29) is 28.3 Å². The van der Waals surface area contributed by atoms with Gasteiger partial charge in [-0.15, -0.1) is 0 Å². The molecule has 212 valence electrons. The predicted octanol–water partition coefficient (Wildman–Crippen LogP) is 2.77. The number of aromatic nitrogens is 2. The molecule has 0 bridgehead atoms. The lowest BCUT2D eigenvalue weighted by molar-refractivity contribution is 0.0297. The van der Waals surface area contributed by atoms with Crippen molar-refractivity contribution in [1.82, 2.24) is 19.6 Å². The molecule has 2 aromatic rings. The first kappa shape index (κ1) is 26.7. The van der Waals surface area contributed by atoms with Crippen molar-refractivity contribution in [3.8, 4) is 17.0 Å². The summed E-state index contributed by atoms with van der Waals surface area (Å²) < 4.78 is 45.2. The Morgan fingerprint density at radius 3 is 2.62 bits per heavy atom. The molecule has 1 amide bonds. The Bertz CT molecular complexity index is 1310. The zero-order valence-electron chi connectivity index (χ0n) is 22.6. The van der Waals surface area contributed by atoms with Crippen LogP contribution >= 0.6 is 0 Å². The number of rotatable bonds is 6. The van der Waals surface area contributed by atoms with E-state index in [0.29, 0.717) is 49.1 Å². The number of fused-ring (bicyclic) bond motifs is 3. The van der Waals surface area contributed by atoms with E-state index in [1.54, 1.807) is 23.1 Å². The van der Waals surface area contributed by atoms with Crippen LogP contribution in [0.3, 0.4) is 0 Å². The van der Waals surface area contributed by atoms with Crippen molar-refractivity contribution in [1.29, 1.82) is 0 Å². The van der Waals surface area contributed by atoms with Gasteiger partial charge in [0.1, 0.15) is 5.75 Å². The fourth-order valence-electron chi connectivity index (χ4n) is 6.43. The summed E-state index contributed by atoms with van der Waals surface area (Å²) in [6.45, 7) is 6.53. The summed E-state index contributed by atoms with van der Waals surface area (Å²) in [6.07, 6.45) is 5.39. The second-order valence-electron chi connectivity index (χ2n) is 11.1. The predicted molar refractivity (Wildman–Crippen MR) is 145 cm³/mol. The highest BCUT2D eigenvalue weighted by atomic mass is 32.2. The van der Waals surface area contributed by atoms with Crippen LogP contribution in [0.4, 0.5) is 0 Å². The Hall–Kier alpha value is -2.47. The second-order valence-corrected chi connectivity index (χ2v) is 13.0. The van der Waals surface area contributed by atoms with Crippen LogP contribution in [0.2, 0.25) is 0 Å². The van der Waals surface area contributed by atoms with Crippen LogP contribution in [0.1, 0.15) is 54.2 Å². The van der Waals surface area contributed by atoms with Gasteiger partial charge in [-0.1, -0.05) is 0 Å². The van der Waals surface area contributed by atoms with Crippen molar-refractivity contribution < 1.29 is 27.4 Å². The fraction of sp³-hybridized carbons (Fsp3) is 0.643. The Kier molecular flexibility index (Phi) is 7.67. The zero-order chi connectivity index (χ0) is 27.0. The van der Waals surface area contributed by atoms with Gasteiger partial charge in [0.15, 0.2) is 15.5 Å². The molecule has 4 aliphatic heterocycles. The third kappa shape index (κ3) is 5.33. The summed E-state index contributed by atoms with van der Waals surface area (Å²) in [7, 11) is -2.14. The molecule has 0 saturated carbocycles. The molecule has 6 rings (SSSR count). The minimum Gasteiger partial charge on any atom is -0.497 e. The van der Waals surface area contributed by atoms with Gasteiger partial charge < -0.3 is 24.0 Å². The largest absolute Gasteiger partial charge is 0.497 e. The summed E-state index contributed by atoms with van der Waals surface area (Å²) in [6, 6.07) is 5.24. The number of likely N-dealkylation sites (tertiary alicyclic amines) is 1. The monoisotopic (exact) mass is 558 g/mol. The van der Waals surface area contributed by atoms with E-state index < -0.39 is 9.84 Å². The summed E-state index contributed by atoms with van der Waals surface area (Å²) >= 11 is 0. The topological polar surface area (TPSA) is 103 Å². The number of ether oxygens (including phenoxy) is 3. The van der Waals surface area contributed by atoms with Crippen LogP contribution in [-0.4, -0.2) is 100 Å². The van der Waals surface area contributed by atoms with Crippen molar-refractivity contribution in [2.75, 3.05) is 66.3 Å².